The van der Waals surface area contributed by atoms with E-state index in [0.717, 1.165) is 5.82 Å². The first-order chi connectivity index (χ1) is 8.69. The summed E-state index contributed by atoms with van der Waals surface area (Å²) < 4.78 is 11.9. The van der Waals surface area contributed by atoms with Gasteiger partial charge in [0.25, 0.3) is 0 Å². The summed E-state index contributed by atoms with van der Waals surface area (Å²) in [5.41, 5.74) is 0. The summed E-state index contributed by atoms with van der Waals surface area (Å²) in [5.74, 6) is 1.56. The van der Waals surface area contributed by atoms with Crippen molar-refractivity contribution in [2.75, 3.05) is 27.4 Å². The van der Waals surface area contributed by atoms with E-state index in [0.29, 0.717) is 32.1 Å². The quantitative estimate of drug-likeness (QED) is 0.738. The number of ether oxygens (including phenoxy) is 2. The number of carbonyl (C=O) groups is 1. The Balaban J connectivity index is 2.22. The molecule has 0 bridgehead atoms. The van der Waals surface area contributed by atoms with E-state index in [1.54, 1.807) is 19.1 Å². The van der Waals surface area contributed by atoms with Crippen LogP contribution in [0.25, 0.3) is 0 Å². The molecule has 0 aliphatic carbocycles. The molecule has 1 aromatic heterocycles. The van der Waals surface area contributed by atoms with Gasteiger partial charge in [-0.25, -0.2) is 0 Å². The SMILES string of the molecule is COCCN1Cc2nnc(COC)n2[C@@H](C)C1=O. The number of fused-ring (bicyclic) bond motifs is 1. The van der Waals surface area contributed by atoms with Gasteiger partial charge >= 0.3 is 0 Å². The van der Waals surface area contributed by atoms with Crippen LogP contribution in [0.3, 0.4) is 0 Å². The number of hydrogen-bond donors (Lipinski definition) is 0. The van der Waals surface area contributed by atoms with Crippen LogP contribution in [-0.2, 0) is 27.4 Å². The first kappa shape index (κ1) is 13.0. The fourth-order valence-corrected chi connectivity index (χ4v) is 2.16. The van der Waals surface area contributed by atoms with Crippen molar-refractivity contribution in [3.8, 4) is 0 Å². The largest absolute Gasteiger partial charge is 0.383 e. The van der Waals surface area contributed by atoms with Gasteiger partial charge in [-0.3, -0.25) is 9.36 Å². The van der Waals surface area contributed by atoms with Gasteiger partial charge in [0.05, 0.1) is 13.2 Å². The lowest BCUT2D eigenvalue weighted by molar-refractivity contribution is -0.137. The van der Waals surface area contributed by atoms with Gasteiger partial charge in [0, 0.05) is 20.8 Å². The Bertz CT molecular complexity index is 432. The lowest BCUT2D eigenvalue weighted by atomic mass is 10.2. The maximum atomic E-state index is 12.2. The first-order valence-corrected chi connectivity index (χ1v) is 5.88. The molecular formula is C11H18N4O3. The van der Waals surface area contributed by atoms with Crippen LogP contribution in [0, 0.1) is 0 Å². The molecule has 0 saturated carbocycles. The molecule has 1 amide bonds. The minimum absolute atomic E-state index is 0.0664. The summed E-state index contributed by atoms with van der Waals surface area (Å²) in [6.07, 6.45) is 0. The van der Waals surface area contributed by atoms with Crippen LogP contribution in [0.2, 0.25) is 0 Å². The number of carbonyl (C=O) groups excluding carboxylic acids is 1. The minimum Gasteiger partial charge on any atom is -0.383 e. The molecule has 2 rings (SSSR count). The van der Waals surface area contributed by atoms with E-state index in [2.05, 4.69) is 10.2 Å². The first-order valence-electron chi connectivity index (χ1n) is 5.88. The number of hydrogen-bond acceptors (Lipinski definition) is 5. The molecule has 0 unspecified atom stereocenters. The zero-order valence-corrected chi connectivity index (χ0v) is 10.9. The summed E-state index contributed by atoms with van der Waals surface area (Å²) in [5, 5.41) is 8.18. The molecule has 100 valence electrons. The van der Waals surface area contributed by atoms with Crippen LogP contribution < -0.4 is 0 Å². The lowest BCUT2D eigenvalue weighted by Crippen LogP contribution is -2.43. The highest BCUT2D eigenvalue weighted by Gasteiger charge is 2.32. The second kappa shape index (κ2) is 5.45. The van der Waals surface area contributed by atoms with Gasteiger partial charge in [-0.1, -0.05) is 0 Å². The fourth-order valence-electron chi connectivity index (χ4n) is 2.16. The van der Waals surface area contributed by atoms with Crippen molar-refractivity contribution in [1.29, 1.82) is 0 Å². The van der Waals surface area contributed by atoms with Gasteiger partial charge in [-0.15, -0.1) is 10.2 Å². The van der Waals surface area contributed by atoms with E-state index >= 15 is 0 Å². The van der Waals surface area contributed by atoms with Crippen LogP contribution in [0.4, 0.5) is 0 Å². The molecule has 7 heteroatoms. The Hall–Kier alpha value is -1.47. The molecule has 1 aliphatic heterocycles. The molecular weight excluding hydrogens is 236 g/mol. The number of rotatable bonds is 5. The Kier molecular flexibility index (Phi) is 3.93. The highest BCUT2D eigenvalue weighted by Crippen LogP contribution is 2.22. The monoisotopic (exact) mass is 254 g/mol. The summed E-state index contributed by atoms with van der Waals surface area (Å²) in [6.45, 7) is 3.79. The number of amides is 1. The third-order valence-corrected chi connectivity index (χ3v) is 3.06. The van der Waals surface area contributed by atoms with Crippen molar-refractivity contribution in [2.45, 2.75) is 26.1 Å². The number of aromatic nitrogens is 3. The average molecular weight is 254 g/mol. The molecule has 0 N–H and O–H groups in total. The van der Waals surface area contributed by atoms with Crippen molar-refractivity contribution in [2.24, 2.45) is 0 Å². The zero-order valence-electron chi connectivity index (χ0n) is 10.9. The van der Waals surface area contributed by atoms with Crippen LogP contribution in [0.1, 0.15) is 24.6 Å². The van der Waals surface area contributed by atoms with E-state index in [1.807, 2.05) is 11.5 Å². The zero-order chi connectivity index (χ0) is 13.1. The molecule has 0 saturated heterocycles. The second-order valence-electron chi connectivity index (χ2n) is 4.26. The topological polar surface area (TPSA) is 69.5 Å². The lowest BCUT2D eigenvalue weighted by Gasteiger charge is -2.31. The maximum absolute atomic E-state index is 12.2. The number of nitrogens with zero attached hydrogens (tertiary/aromatic N) is 4. The van der Waals surface area contributed by atoms with Gasteiger partial charge in [0.2, 0.25) is 5.91 Å². The Labute approximate surface area is 106 Å². The van der Waals surface area contributed by atoms with E-state index in [-0.39, 0.29) is 11.9 Å². The average Bonchev–Trinajstić information content (AvgIpc) is 2.76. The minimum atomic E-state index is -0.286. The molecule has 1 aromatic rings. The van der Waals surface area contributed by atoms with Crippen molar-refractivity contribution >= 4 is 5.91 Å². The van der Waals surface area contributed by atoms with Crippen LogP contribution in [0.5, 0.6) is 0 Å². The van der Waals surface area contributed by atoms with Crippen molar-refractivity contribution in [3.05, 3.63) is 11.6 Å². The Morgan fingerprint density at radius 2 is 2.11 bits per heavy atom. The molecule has 18 heavy (non-hydrogen) atoms. The fraction of sp³-hybridized carbons (Fsp3) is 0.727. The summed E-state index contributed by atoms with van der Waals surface area (Å²) in [6, 6.07) is -0.286. The molecule has 1 aliphatic rings. The molecule has 0 aromatic carbocycles. The normalized spacial score (nSPS) is 19.2. The van der Waals surface area contributed by atoms with Crippen molar-refractivity contribution in [1.82, 2.24) is 19.7 Å². The van der Waals surface area contributed by atoms with E-state index in [9.17, 15) is 4.79 Å². The third kappa shape index (κ3) is 2.23. The summed E-state index contributed by atoms with van der Waals surface area (Å²) in [4.78, 5) is 13.9. The van der Waals surface area contributed by atoms with E-state index in [4.69, 9.17) is 9.47 Å². The second-order valence-corrected chi connectivity index (χ2v) is 4.26. The Morgan fingerprint density at radius 3 is 2.78 bits per heavy atom. The Morgan fingerprint density at radius 1 is 1.33 bits per heavy atom. The van der Waals surface area contributed by atoms with Gasteiger partial charge in [0.15, 0.2) is 11.6 Å². The van der Waals surface area contributed by atoms with Gasteiger partial charge in [-0.2, -0.15) is 0 Å². The van der Waals surface area contributed by atoms with Crippen LogP contribution in [-0.4, -0.2) is 52.9 Å². The molecule has 7 nitrogen and oxygen atoms in total. The van der Waals surface area contributed by atoms with Crippen molar-refractivity contribution in [3.63, 3.8) is 0 Å². The van der Waals surface area contributed by atoms with E-state index < -0.39 is 0 Å². The predicted octanol–water partition coefficient (Wildman–Crippen LogP) is -0.0259. The smallest absolute Gasteiger partial charge is 0.245 e. The maximum Gasteiger partial charge on any atom is 0.245 e. The van der Waals surface area contributed by atoms with Crippen LogP contribution >= 0.6 is 0 Å². The molecule has 1 atom stereocenters. The van der Waals surface area contributed by atoms with Crippen molar-refractivity contribution < 1.29 is 14.3 Å². The van der Waals surface area contributed by atoms with Gasteiger partial charge in [0.1, 0.15) is 12.6 Å². The van der Waals surface area contributed by atoms with Gasteiger partial charge < -0.3 is 14.4 Å². The van der Waals surface area contributed by atoms with E-state index in [1.165, 1.54) is 0 Å². The summed E-state index contributed by atoms with van der Waals surface area (Å²) >= 11 is 0. The van der Waals surface area contributed by atoms with Gasteiger partial charge in [-0.05, 0) is 6.92 Å². The van der Waals surface area contributed by atoms with Crippen LogP contribution in [0.15, 0.2) is 0 Å². The summed E-state index contributed by atoms with van der Waals surface area (Å²) in [7, 11) is 3.22. The molecule has 2 heterocycles. The standard InChI is InChI=1S/C11H18N4O3/c1-8-11(16)14(4-5-17-2)6-9-12-13-10(7-18-3)15(8)9/h8H,4-7H2,1-3H3/t8-/m0/s1. The highest BCUT2D eigenvalue weighted by atomic mass is 16.5. The molecule has 0 fully saturated rings. The predicted molar refractivity (Wildman–Crippen MR) is 62.7 cm³/mol. The molecule has 0 spiro atoms. The molecule has 0 radical (unpaired) electrons. The number of methoxy groups -OCH3 is 2. The third-order valence-electron chi connectivity index (χ3n) is 3.06. The highest BCUT2D eigenvalue weighted by molar-refractivity contribution is 5.81.